The molecule has 0 N–H and O–H groups in total. The van der Waals surface area contributed by atoms with Crippen molar-refractivity contribution in [2.45, 2.75) is 0 Å². The van der Waals surface area contributed by atoms with Gasteiger partial charge in [0, 0.05) is 49.1 Å². The van der Waals surface area contributed by atoms with Crippen LogP contribution in [0, 0.1) is 0 Å². The van der Waals surface area contributed by atoms with E-state index in [1.807, 2.05) is 12.1 Å². The molecule has 0 bridgehead atoms. The molecule has 13 aromatic rings. The second-order valence-corrected chi connectivity index (χ2v) is 14.6. The molecular formula is C50H29N5. The highest BCUT2D eigenvalue weighted by molar-refractivity contribution is 6.33. The highest BCUT2D eigenvalue weighted by Crippen LogP contribution is 2.46. The molecule has 5 nitrogen and oxygen atoms in total. The summed E-state index contributed by atoms with van der Waals surface area (Å²) in [6.07, 6.45) is 0. The Morgan fingerprint density at radius 2 is 0.873 bits per heavy atom. The summed E-state index contributed by atoms with van der Waals surface area (Å²) in [6.45, 7) is 0. The van der Waals surface area contributed by atoms with E-state index in [0.717, 1.165) is 55.6 Å². The van der Waals surface area contributed by atoms with E-state index in [1.54, 1.807) is 0 Å². The van der Waals surface area contributed by atoms with E-state index in [1.165, 1.54) is 59.9 Å². The van der Waals surface area contributed by atoms with Crippen LogP contribution in [0.4, 0.5) is 0 Å². The molecule has 0 amide bonds. The Morgan fingerprint density at radius 3 is 1.64 bits per heavy atom. The van der Waals surface area contributed by atoms with Crippen LogP contribution in [0.25, 0.3) is 116 Å². The second-order valence-electron chi connectivity index (χ2n) is 14.6. The second kappa shape index (κ2) is 10.6. The van der Waals surface area contributed by atoms with E-state index < -0.39 is 0 Å². The van der Waals surface area contributed by atoms with Crippen molar-refractivity contribution in [1.82, 2.24) is 23.5 Å². The first kappa shape index (κ1) is 29.0. The van der Waals surface area contributed by atoms with Gasteiger partial charge in [-0.2, -0.15) is 0 Å². The van der Waals surface area contributed by atoms with Crippen LogP contribution >= 0.6 is 0 Å². The van der Waals surface area contributed by atoms with Gasteiger partial charge in [-0.15, -0.1) is 0 Å². The Labute approximate surface area is 313 Å². The Bertz CT molecular complexity index is 3700. The van der Waals surface area contributed by atoms with E-state index >= 15 is 0 Å². The van der Waals surface area contributed by atoms with Gasteiger partial charge in [-0.05, 0) is 96.1 Å². The summed E-state index contributed by atoms with van der Waals surface area (Å²) in [5.41, 5.74) is 15.3. The van der Waals surface area contributed by atoms with Crippen molar-refractivity contribution in [2.24, 2.45) is 0 Å². The minimum Gasteiger partial charge on any atom is -0.309 e. The lowest BCUT2D eigenvalue weighted by molar-refractivity contribution is 1.18. The predicted octanol–water partition coefficient (Wildman–Crippen LogP) is 12.6. The fourth-order valence-electron chi connectivity index (χ4n) is 9.45. The molecule has 0 unspecified atom stereocenters. The zero-order valence-corrected chi connectivity index (χ0v) is 29.5. The molecule has 254 valence electrons. The molecule has 8 aromatic carbocycles. The summed E-state index contributed by atoms with van der Waals surface area (Å²) in [5, 5.41) is 8.52. The minimum absolute atomic E-state index is 0.887. The third-order valence-corrected chi connectivity index (χ3v) is 11.7. The molecule has 0 saturated heterocycles. The number of fused-ring (bicyclic) bond motifs is 14. The van der Waals surface area contributed by atoms with Crippen molar-refractivity contribution >= 4 is 93.0 Å². The maximum absolute atomic E-state index is 5.31. The highest BCUT2D eigenvalue weighted by Gasteiger charge is 2.25. The van der Waals surface area contributed by atoms with E-state index in [4.69, 9.17) is 9.97 Å². The SMILES string of the molecule is c1ccc(-n2c3ccccc3c3cc(-c4cc5c6nc7ccccc7nc6n6c7ccc8c(c9ccccc9n8-c8ccccc8)c7c(c4)c56)ccc32)cc1. The zero-order chi connectivity index (χ0) is 35.8. The van der Waals surface area contributed by atoms with Crippen molar-refractivity contribution < 1.29 is 0 Å². The van der Waals surface area contributed by atoms with Crippen molar-refractivity contribution in [1.29, 1.82) is 0 Å². The third kappa shape index (κ3) is 3.81. The average Bonchev–Trinajstić information content (AvgIpc) is 3.97. The van der Waals surface area contributed by atoms with Gasteiger partial charge in [-0.1, -0.05) is 91.0 Å². The largest absolute Gasteiger partial charge is 0.309 e. The molecule has 5 heterocycles. The van der Waals surface area contributed by atoms with Crippen LogP contribution in [0.5, 0.6) is 0 Å². The van der Waals surface area contributed by atoms with E-state index in [0.29, 0.717) is 0 Å². The summed E-state index contributed by atoms with van der Waals surface area (Å²) >= 11 is 0. The van der Waals surface area contributed by atoms with Gasteiger partial charge in [0.1, 0.15) is 5.52 Å². The molecule has 5 aromatic heterocycles. The first-order chi connectivity index (χ1) is 27.3. The quantitative estimate of drug-likeness (QED) is 0.184. The molecule has 0 aliphatic heterocycles. The highest BCUT2D eigenvalue weighted by atomic mass is 15.0. The Hall–Kier alpha value is -7.50. The number of para-hydroxylation sites is 6. The summed E-state index contributed by atoms with van der Waals surface area (Å²) in [4.78, 5) is 10.6. The van der Waals surface area contributed by atoms with Gasteiger partial charge in [-0.3, -0.25) is 4.40 Å². The number of benzene rings is 8. The standard InChI is InChI=1S/C50H29N5/c1-3-13-32(14-4-1)53-41-21-11-7-17-34(41)36-27-30(23-24-43(36)53)31-28-37-47-45(55-49(37)38(29-31)48-50(55)52-40-20-10-9-19-39(40)51-48)26-25-44-46(47)35-18-8-12-22-42(35)54(44)33-15-5-2-6-16-33/h1-29H. The van der Waals surface area contributed by atoms with Gasteiger partial charge in [0.25, 0.3) is 0 Å². The van der Waals surface area contributed by atoms with Gasteiger partial charge < -0.3 is 9.13 Å². The molecule has 0 fully saturated rings. The van der Waals surface area contributed by atoms with E-state index in [-0.39, 0.29) is 0 Å². The van der Waals surface area contributed by atoms with Crippen LogP contribution in [-0.2, 0) is 0 Å². The maximum Gasteiger partial charge on any atom is 0.165 e. The monoisotopic (exact) mass is 699 g/mol. The maximum atomic E-state index is 5.31. The summed E-state index contributed by atoms with van der Waals surface area (Å²) in [6, 6.07) is 63.4. The Morgan fingerprint density at radius 1 is 0.345 bits per heavy atom. The molecule has 0 atom stereocenters. The molecule has 0 saturated carbocycles. The first-order valence-electron chi connectivity index (χ1n) is 18.8. The molecule has 13 rings (SSSR count). The van der Waals surface area contributed by atoms with Crippen LogP contribution in [0.1, 0.15) is 0 Å². The lowest BCUT2D eigenvalue weighted by Crippen LogP contribution is -1.93. The summed E-state index contributed by atoms with van der Waals surface area (Å²) in [7, 11) is 0. The Balaban J connectivity index is 1.18. The molecule has 0 aliphatic carbocycles. The van der Waals surface area contributed by atoms with Crippen LogP contribution in [0.15, 0.2) is 176 Å². The minimum atomic E-state index is 0.887. The van der Waals surface area contributed by atoms with Crippen LogP contribution in [0.2, 0.25) is 0 Å². The number of aromatic nitrogens is 5. The van der Waals surface area contributed by atoms with Crippen LogP contribution in [-0.4, -0.2) is 23.5 Å². The van der Waals surface area contributed by atoms with E-state index in [9.17, 15) is 0 Å². The molecule has 55 heavy (non-hydrogen) atoms. The molecule has 5 heteroatoms. The first-order valence-corrected chi connectivity index (χ1v) is 18.8. The van der Waals surface area contributed by atoms with Gasteiger partial charge >= 0.3 is 0 Å². The fraction of sp³-hybridized carbons (Fsp3) is 0. The van der Waals surface area contributed by atoms with Gasteiger partial charge in [0.15, 0.2) is 5.65 Å². The molecular weight excluding hydrogens is 671 g/mol. The topological polar surface area (TPSA) is 40.1 Å². The van der Waals surface area contributed by atoms with Crippen LogP contribution in [0.3, 0.4) is 0 Å². The van der Waals surface area contributed by atoms with E-state index in [2.05, 4.69) is 177 Å². The van der Waals surface area contributed by atoms with Crippen molar-refractivity contribution in [2.75, 3.05) is 0 Å². The zero-order valence-electron chi connectivity index (χ0n) is 29.5. The number of hydrogen-bond donors (Lipinski definition) is 0. The smallest absolute Gasteiger partial charge is 0.165 e. The summed E-state index contributed by atoms with van der Waals surface area (Å²) < 4.78 is 7.14. The number of rotatable bonds is 3. The van der Waals surface area contributed by atoms with Crippen LogP contribution < -0.4 is 0 Å². The number of hydrogen-bond acceptors (Lipinski definition) is 2. The number of nitrogens with zero attached hydrogens (tertiary/aromatic N) is 5. The predicted molar refractivity (Wildman–Crippen MR) is 228 cm³/mol. The molecule has 0 spiro atoms. The third-order valence-electron chi connectivity index (χ3n) is 11.7. The lowest BCUT2D eigenvalue weighted by Gasteiger charge is -2.09. The van der Waals surface area contributed by atoms with Gasteiger partial charge in [0.2, 0.25) is 0 Å². The lowest BCUT2D eigenvalue weighted by atomic mass is 9.97. The Kier molecular flexibility index (Phi) is 5.57. The summed E-state index contributed by atoms with van der Waals surface area (Å²) in [5.74, 6) is 0. The fourth-order valence-corrected chi connectivity index (χ4v) is 9.45. The van der Waals surface area contributed by atoms with Gasteiger partial charge in [-0.25, -0.2) is 9.97 Å². The normalized spacial score (nSPS) is 12.4. The van der Waals surface area contributed by atoms with Crippen molar-refractivity contribution in [3.8, 4) is 22.5 Å². The molecule has 0 radical (unpaired) electrons. The van der Waals surface area contributed by atoms with Gasteiger partial charge in [0.05, 0.1) is 44.1 Å². The molecule has 0 aliphatic rings. The van der Waals surface area contributed by atoms with Crippen molar-refractivity contribution in [3.63, 3.8) is 0 Å². The van der Waals surface area contributed by atoms with Crippen molar-refractivity contribution in [3.05, 3.63) is 176 Å². The average molecular weight is 700 g/mol.